The van der Waals surface area contributed by atoms with Gasteiger partial charge in [-0.15, -0.1) is 11.6 Å². The summed E-state index contributed by atoms with van der Waals surface area (Å²) in [6.07, 6.45) is -4.36. The first kappa shape index (κ1) is 18.1. The van der Waals surface area contributed by atoms with Crippen LogP contribution in [-0.2, 0) is 10.0 Å². The molecule has 4 nitrogen and oxygen atoms in total. The molecular weight excluding hydrogens is 329 g/mol. The first-order valence-corrected chi connectivity index (χ1v) is 7.95. The highest BCUT2D eigenvalue weighted by Gasteiger charge is 2.30. The number of benzene rings is 1. The summed E-state index contributed by atoms with van der Waals surface area (Å²) >= 11 is 5.51. The second kappa shape index (κ2) is 6.85. The van der Waals surface area contributed by atoms with Gasteiger partial charge in [-0.05, 0) is 24.3 Å². The molecule has 0 amide bonds. The van der Waals surface area contributed by atoms with Crippen molar-refractivity contribution < 1.29 is 21.6 Å². The molecule has 21 heavy (non-hydrogen) atoms. The molecule has 0 unspecified atom stereocenters. The van der Waals surface area contributed by atoms with Gasteiger partial charge in [-0.3, -0.25) is 0 Å². The van der Waals surface area contributed by atoms with E-state index in [0.717, 1.165) is 9.21 Å². The number of anilines is 1. The maximum absolute atomic E-state index is 12.5. The monoisotopic (exact) mass is 344 g/mol. The maximum atomic E-state index is 12.5. The summed E-state index contributed by atoms with van der Waals surface area (Å²) in [6, 6.07) is 5.24. The Hall–Kier alpha value is -0.990. The highest BCUT2D eigenvalue weighted by atomic mass is 35.5. The van der Waals surface area contributed by atoms with Gasteiger partial charge in [-0.25, -0.2) is 12.7 Å². The Morgan fingerprint density at radius 3 is 2.05 bits per heavy atom. The van der Waals surface area contributed by atoms with E-state index in [4.69, 9.17) is 11.6 Å². The summed E-state index contributed by atoms with van der Waals surface area (Å²) in [4.78, 5) is 1.08. The Kier molecular flexibility index (Phi) is 5.89. The fourth-order valence-corrected chi connectivity index (χ4v) is 2.76. The van der Waals surface area contributed by atoms with E-state index in [1.807, 2.05) is 0 Å². The molecule has 0 spiro atoms. The van der Waals surface area contributed by atoms with Gasteiger partial charge in [-0.1, -0.05) is 0 Å². The van der Waals surface area contributed by atoms with Crippen molar-refractivity contribution in [2.24, 2.45) is 0 Å². The van der Waals surface area contributed by atoms with Gasteiger partial charge in [0.2, 0.25) is 10.0 Å². The third-order valence-corrected chi connectivity index (χ3v) is 4.70. The van der Waals surface area contributed by atoms with Gasteiger partial charge in [0.05, 0.1) is 4.90 Å². The lowest BCUT2D eigenvalue weighted by atomic mass is 10.3. The van der Waals surface area contributed by atoms with Crippen molar-refractivity contribution in [3.63, 3.8) is 0 Å². The van der Waals surface area contributed by atoms with Crippen LogP contribution in [0.2, 0.25) is 0 Å². The zero-order valence-corrected chi connectivity index (χ0v) is 13.1. The van der Waals surface area contributed by atoms with Crippen molar-refractivity contribution in [1.29, 1.82) is 0 Å². The quantitative estimate of drug-likeness (QED) is 0.745. The van der Waals surface area contributed by atoms with Crippen LogP contribution in [0, 0.1) is 0 Å². The van der Waals surface area contributed by atoms with Crippen LogP contribution in [0.5, 0.6) is 0 Å². The average molecular weight is 345 g/mol. The predicted octanol–water partition coefficient (Wildman–Crippen LogP) is 2.54. The molecule has 120 valence electrons. The minimum atomic E-state index is -4.36. The summed E-state index contributed by atoms with van der Waals surface area (Å²) < 4.78 is 62.3. The molecule has 0 aliphatic heterocycles. The molecule has 9 heteroatoms. The second-order valence-electron chi connectivity index (χ2n) is 4.51. The van der Waals surface area contributed by atoms with Crippen LogP contribution in [0.25, 0.3) is 0 Å². The van der Waals surface area contributed by atoms with Crippen molar-refractivity contribution in [3.8, 4) is 0 Å². The van der Waals surface area contributed by atoms with Gasteiger partial charge in [0, 0.05) is 32.2 Å². The Morgan fingerprint density at radius 2 is 1.67 bits per heavy atom. The molecule has 0 fully saturated rings. The topological polar surface area (TPSA) is 40.6 Å². The van der Waals surface area contributed by atoms with Gasteiger partial charge in [0.1, 0.15) is 6.54 Å². The Labute approximate surface area is 127 Å². The lowest BCUT2D eigenvalue weighted by Crippen LogP contribution is -2.35. The van der Waals surface area contributed by atoms with Crippen LogP contribution in [0.4, 0.5) is 18.9 Å². The second-order valence-corrected chi connectivity index (χ2v) is 7.04. The third kappa shape index (κ3) is 5.05. The fraction of sp³-hybridized carbons (Fsp3) is 0.500. The van der Waals surface area contributed by atoms with Crippen molar-refractivity contribution in [1.82, 2.24) is 4.31 Å². The smallest absolute Gasteiger partial charge is 0.361 e. The molecular formula is C12H16ClF3N2O2S. The molecule has 0 radical (unpaired) electrons. The molecule has 1 aromatic rings. The average Bonchev–Trinajstić information content (AvgIpc) is 2.36. The number of sulfonamides is 1. The van der Waals surface area contributed by atoms with Crippen molar-refractivity contribution in [2.75, 3.05) is 38.0 Å². The molecule has 1 aromatic carbocycles. The van der Waals surface area contributed by atoms with E-state index in [2.05, 4.69) is 0 Å². The number of hydrogen-bond acceptors (Lipinski definition) is 3. The van der Waals surface area contributed by atoms with Gasteiger partial charge in [0.15, 0.2) is 0 Å². The van der Waals surface area contributed by atoms with Gasteiger partial charge in [0.25, 0.3) is 0 Å². The van der Waals surface area contributed by atoms with Crippen molar-refractivity contribution in [2.45, 2.75) is 11.1 Å². The Bertz CT molecular complexity index is 559. The minimum absolute atomic E-state index is 0.0147. The Balaban J connectivity index is 3.03. The predicted molar refractivity (Wildman–Crippen MR) is 76.3 cm³/mol. The highest BCUT2D eigenvalue weighted by molar-refractivity contribution is 7.89. The van der Waals surface area contributed by atoms with Crippen molar-refractivity contribution in [3.05, 3.63) is 24.3 Å². The third-order valence-electron chi connectivity index (χ3n) is 2.71. The molecule has 1 rings (SSSR count). The molecule has 0 aromatic heterocycles. The molecule has 0 heterocycles. The van der Waals surface area contributed by atoms with Crippen LogP contribution in [0.15, 0.2) is 29.2 Å². The number of nitrogens with zero attached hydrogens (tertiary/aromatic N) is 2. The normalized spacial score (nSPS) is 12.7. The standard InChI is InChI=1S/C12H16ClF3N2O2S/c1-17(2)21(19,20)11-5-3-10(4-6-11)18(8-7-13)9-12(14,15)16/h3-6H,7-9H2,1-2H3. The van der Waals surface area contributed by atoms with Crippen LogP contribution < -0.4 is 4.90 Å². The van der Waals surface area contributed by atoms with E-state index in [9.17, 15) is 21.6 Å². The summed E-state index contributed by atoms with van der Waals surface area (Å²) in [5, 5.41) is 0. The van der Waals surface area contributed by atoms with Crippen LogP contribution in [-0.4, -0.2) is 52.0 Å². The van der Waals surface area contributed by atoms with E-state index in [1.54, 1.807) is 0 Å². The molecule has 0 aliphatic rings. The summed E-state index contributed by atoms with van der Waals surface area (Å²) in [5.74, 6) is 0.0355. The van der Waals surface area contributed by atoms with Gasteiger partial charge in [-0.2, -0.15) is 13.2 Å². The van der Waals surface area contributed by atoms with E-state index < -0.39 is 22.7 Å². The molecule has 0 aliphatic carbocycles. The first-order valence-electron chi connectivity index (χ1n) is 5.98. The van der Waals surface area contributed by atoms with Crippen LogP contribution in [0.1, 0.15) is 0 Å². The number of hydrogen-bond donors (Lipinski definition) is 0. The van der Waals surface area contributed by atoms with Gasteiger partial charge < -0.3 is 4.90 Å². The van der Waals surface area contributed by atoms with E-state index in [1.165, 1.54) is 38.4 Å². The molecule has 0 saturated heterocycles. The van der Waals surface area contributed by atoms with Crippen LogP contribution in [0.3, 0.4) is 0 Å². The first-order chi connectivity index (χ1) is 9.58. The molecule has 0 N–H and O–H groups in total. The van der Waals surface area contributed by atoms with E-state index >= 15 is 0 Å². The van der Waals surface area contributed by atoms with Gasteiger partial charge >= 0.3 is 6.18 Å². The molecule has 0 atom stereocenters. The fourth-order valence-electron chi connectivity index (χ4n) is 1.66. The number of rotatable bonds is 6. The summed E-state index contributed by atoms with van der Waals surface area (Å²) in [6.45, 7) is -1.12. The zero-order valence-electron chi connectivity index (χ0n) is 11.6. The molecule has 0 bridgehead atoms. The number of halogens is 4. The lowest BCUT2D eigenvalue weighted by molar-refractivity contribution is -0.119. The van der Waals surface area contributed by atoms with E-state index in [0.29, 0.717) is 0 Å². The van der Waals surface area contributed by atoms with Crippen LogP contribution >= 0.6 is 11.6 Å². The maximum Gasteiger partial charge on any atom is 0.405 e. The summed E-state index contributed by atoms with van der Waals surface area (Å²) in [7, 11) is -0.837. The minimum Gasteiger partial charge on any atom is -0.361 e. The highest BCUT2D eigenvalue weighted by Crippen LogP contribution is 2.24. The Morgan fingerprint density at radius 1 is 1.14 bits per heavy atom. The van der Waals surface area contributed by atoms with E-state index in [-0.39, 0.29) is 23.0 Å². The number of alkyl halides is 4. The summed E-state index contributed by atoms with van der Waals surface area (Å²) in [5.41, 5.74) is 0.269. The molecule has 0 saturated carbocycles. The lowest BCUT2D eigenvalue weighted by Gasteiger charge is -2.25. The van der Waals surface area contributed by atoms with Crippen molar-refractivity contribution >= 4 is 27.3 Å². The zero-order chi connectivity index (χ0) is 16.3. The SMILES string of the molecule is CN(C)S(=O)(=O)c1ccc(N(CCCl)CC(F)(F)F)cc1. The largest absolute Gasteiger partial charge is 0.405 e.